The van der Waals surface area contributed by atoms with Gasteiger partial charge in [-0.05, 0) is 0 Å². The minimum absolute atomic E-state index is 0. The van der Waals surface area contributed by atoms with Gasteiger partial charge in [-0.15, -0.1) is 0 Å². The van der Waals surface area contributed by atoms with Gasteiger partial charge in [-0.2, -0.15) is 0 Å². The van der Waals surface area contributed by atoms with Crippen molar-refractivity contribution in [3.63, 3.8) is 0 Å². The van der Waals surface area contributed by atoms with Crippen LogP contribution in [0, 0.1) is 0 Å². The van der Waals surface area contributed by atoms with Crippen molar-refractivity contribution in [2.45, 2.75) is 0 Å². The molecule has 0 aromatic heterocycles. The summed E-state index contributed by atoms with van der Waals surface area (Å²) in [6.45, 7) is 0. The fourth-order valence-corrected chi connectivity index (χ4v) is 0.163. The molecule has 0 amide bonds. The van der Waals surface area contributed by atoms with Crippen LogP contribution in [0.1, 0.15) is 2.85 Å². The van der Waals surface area contributed by atoms with Gasteiger partial charge in [-0.1, -0.05) is 0 Å². The Balaban J connectivity index is -0.0000000270. The summed E-state index contributed by atoms with van der Waals surface area (Å²) < 4.78 is 6.47. The zero-order chi connectivity index (χ0) is 8.15. The molecule has 0 saturated heterocycles. The second-order valence-corrected chi connectivity index (χ2v) is 0.986. The van der Waals surface area contributed by atoms with Crippen LogP contribution in [0.4, 0.5) is 14.4 Å². The molecule has 0 saturated carbocycles. The molecule has 0 atom stereocenters. The molecule has 0 spiro atoms. The third kappa shape index (κ3) is 22.9. The predicted molar refractivity (Wildman–Crippen MR) is 25.8 cm³/mol. The van der Waals surface area contributed by atoms with Crippen LogP contribution in [0.5, 0.6) is 0 Å². The van der Waals surface area contributed by atoms with E-state index in [0.717, 1.165) is 0 Å². The van der Waals surface area contributed by atoms with E-state index in [9.17, 15) is 14.4 Å². The Morgan fingerprint density at radius 1 is 0.857 bits per heavy atom. The Hall–Kier alpha value is 0.652. The van der Waals surface area contributed by atoms with Crippen LogP contribution in [0.25, 0.3) is 0 Å². The second kappa shape index (κ2) is 16.1. The van der Waals surface area contributed by atoms with Crippen molar-refractivity contribution in [3.8, 4) is 0 Å². The van der Waals surface area contributed by atoms with Crippen molar-refractivity contribution in [1.82, 2.24) is 0 Å². The largest absolute Gasteiger partial charge is 1.00 e. The third-order valence-corrected chi connectivity index (χ3v) is 0.341. The van der Waals surface area contributed by atoms with E-state index in [1.165, 1.54) is 0 Å². The molecular weight excluding hydrogens is 293 g/mol. The van der Waals surface area contributed by atoms with E-state index in [1.807, 2.05) is 0 Å². The molecular formula is C3H4Li2O7Zn2. The second-order valence-electron chi connectivity index (χ2n) is 0.986. The van der Waals surface area contributed by atoms with Gasteiger partial charge in [0, 0.05) is 39.0 Å². The quantitative estimate of drug-likeness (QED) is 0.261. The molecule has 0 bridgehead atoms. The van der Waals surface area contributed by atoms with E-state index in [-0.39, 0.29) is 79.5 Å². The number of hydrogen-bond acceptors (Lipinski definition) is 5. The van der Waals surface area contributed by atoms with Crippen molar-refractivity contribution in [2.75, 3.05) is 0 Å². The molecule has 0 rings (SSSR count). The third-order valence-electron chi connectivity index (χ3n) is 0.341. The molecule has 64 valence electrons. The molecule has 0 radical (unpaired) electrons. The molecule has 0 heterocycles. The van der Waals surface area contributed by atoms with Crippen LogP contribution in [-0.2, 0) is 48.4 Å². The van der Waals surface area contributed by atoms with E-state index in [4.69, 9.17) is 10.2 Å². The summed E-state index contributed by atoms with van der Waals surface area (Å²) in [6.07, 6.45) is -5.64. The van der Waals surface area contributed by atoms with Crippen molar-refractivity contribution in [3.05, 3.63) is 0 Å². The van der Waals surface area contributed by atoms with E-state index < -0.39 is 18.5 Å². The number of hydrogen-bond donors (Lipinski definition) is 2. The number of carboxylic acid groups (broad SMARTS) is 2. The maximum Gasteiger partial charge on any atom is 1.00 e. The van der Waals surface area contributed by atoms with Crippen LogP contribution in [0.3, 0.4) is 0 Å². The molecule has 0 aliphatic rings. The van der Waals surface area contributed by atoms with Gasteiger partial charge in [0.25, 0.3) is 0 Å². The Bertz CT molecular complexity index is 176. The summed E-state index contributed by atoms with van der Waals surface area (Å²) in [7, 11) is 0. The minimum Gasteiger partial charge on any atom is -1.00 e. The summed E-state index contributed by atoms with van der Waals surface area (Å²) in [5.41, 5.74) is 0. The zero-order valence-corrected chi connectivity index (χ0v) is 13.8. The van der Waals surface area contributed by atoms with Gasteiger partial charge in [0.15, 0.2) is 0 Å². The number of rotatable bonds is 0. The van der Waals surface area contributed by atoms with Crippen LogP contribution in [0.2, 0.25) is 0 Å². The maximum atomic E-state index is 9.86. The van der Waals surface area contributed by atoms with Crippen molar-refractivity contribution in [2.24, 2.45) is 0 Å². The average Bonchev–Trinajstić information content (AvgIpc) is 1.58. The first-order chi connectivity index (χ1) is 4.52. The summed E-state index contributed by atoms with van der Waals surface area (Å²) in [6, 6.07) is 0. The van der Waals surface area contributed by atoms with E-state index in [1.54, 1.807) is 0 Å². The van der Waals surface area contributed by atoms with Gasteiger partial charge in [0.1, 0.15) is 0 Å². The Kier molecular flexibility index (Phi) is 33.7. The molecule has 0 unspecified atom stereocenters. The first kappa shape index (κ1) is 29.3. The first-order valence-corrected chi connectivity index (χ1v) is 1.88. The van der Waals surface area contributed by atoms with E-state index in [2.05, 4.69) is 9.47 Å². The SMILES string of the molecule is O=C(O)OC(=O)OC(=O)O.[H-].[H-].[Li+].[Li+].[Zn].[Zn]. The topological polar surface area (TPSA) is 110 Å². The fourth-order valence-electron chi connectivity index (χ4n) is 0.163. The first-order valence-electron chi connectivity index (χ1n) is 1.88. The van der Waals surface area contributed by atoms with E-state index >= 15 is 0 Å². The fraction of sp³-hybridized carbons (Fsp3) is 0. The summed E-state index contributed by atoms with van der Waals surface area (Å²) in [5, 5.41) is 15.4. The van der Waals surface area contributed by atoms with Crippen molar-refractivity contribution < 1.29 is 114 Å². The molecule has 0 aromatic carbocycles. The number of ether oxygens (including phenoxy) is 2. The zero-order valence-electron chi connectivity index (χ0n) is 9.85. The smallest absolute Gasteiger partial charge is 1.00 e. The van der Waals surface area contributed by atoms with Crippen molar-refractivity contribution >= 4 is 18.5 Å². The Morgan fingerprint density at radius 3 is 1.21 bits per heavy atom. The molecule has 0 fully saturated rings. The Morgan fingerprint density at radius 2 is 1.07 bits per heavy atom. The maximum absolute atomic E-state index is 9.86. The van der Waals surface area contributed by atoms with Gasteiger partial charge < -0.3 is 22.5 Å². The number of carbonyl (C=O) groups excluding carboxylic acids is 1. The molecule has 14 heavy (non-hydrogen) atoms. The normalized spacial score (nSPS) is 5.71. The summed E-state index contributed by atoms with van der Waals surface area (Å²) >= 11 is 0. The van der Waals surface area contributed by atoms with Crippen molar-refractivity contribution in [1.29, 1.82) is 0 Å². The van der Waals surface area contributed by atoms with E-state index in [0.29, 0.717) is 0 Å². The summed E-state index contributed by atoms with van der Waals surface area (Å²) in [4.78, 5) is 28.8. The monoisotopic (exact) mass is 294 g/mol. The van der Waals surface area contributed by atoms with Crippen LogP contribution < -0.4 is 37.7 Å². The molecule has 0 aromatic rings. The van der Waals surface area contributed by atoms with Gasteiger partial charge in [0.05, 0.1) is 0 Å². The summed E-state index contributed by atoms with van der Waals surface area (Å²) in [5.74, 6) is 0. The van der Waals surface area contributed by atoms with Gasteiger partial charge in [-0.3, -0.25) is 0 Å². The van der Waals surface area contributed by atoms with Gasteiger partial charge >= 0.3 is 56.2 Å². The van der Waals surface area contributed by atoms with Gasteiger partial charge in [0.2, 0.25) is 0 Å². The Labute approximate surface area is 131 Å². The molecule has 0 aliphatic heterocycles. The van der Waals surface area contributed by atoms with Crippen LogP contribution >= 0.6 is 0 Å². The standard InChI is InChI=1S/C3H2O7.2Li.2Zn.2H/c4-1(5)9-3(8)10-2(6)7;;;;;;/h(H,4,5)(H,6,7);;;;;;/q;2*+1;;;2*-1. The molecule has 0 aliphatic carbocycles. The van der Waals surface area contributed by atoms with Gasteiger partial charge in [-0.25, -0.2) is 14.4 Å². The minimum atomic E-state index is -1.92. The molecule has 2 N–H and O–H groups in total. The average molecular weight is 297 g/mol. The molecule has 7 nitrogen and oxygen atoms in total. The van der Waals surface area contributed by atoms with Crippen LogP contribution in [-0.4, -0.2) is 28.7 Å². The van der Waals surface area contributed by atoms with Crippen LogP contribution in [0.15, 0.2) is 0 Å². The molecule has 11 heteroatoms. The number of carbonyl (C=O) groups is 3. The predicted octanol–water partition coefficient (Wildman–Crippen LogP) is -5.28.